The molecule has 1 fully saturated rings. The summed E-state index contributed by atoms with van der Waals surface area (Å²) in [5.41, 5.74) is 3.14. The summed E-state index contributed by atoms with van der Waals surface area (Å²) < 4.78 is 24.4. The fourth-order valence-corrected chi connectivity index (χ4v) is 4.35. The number of ether oxygens (including phenoxy) is 4. The van der Waals surface area contributed by atoms with Gasteiger partial charge in [-0.15, -0.1) is 5.10 Å². The largest absolute Gasteiger partial charge is 0.497 e. The zero-order valence-corrected chi connectivity index (χ0v) is 21.2. The van der Waals surface area contributed by atoms with Crippen LogP contribution in [0.1, 0.15) is 31.0 Å². The molecule has 3 aromatic rings. The lowest BCUT2D eigenvalue weighted by molar-refractivity contribution is -0.278. The number of hydrogen-bond donors (Lipinski definition) is 4. The minimum absolute atomic E-state index is 0.0631. The van der Waals surface area contributed by atoms with Crippen LogP contribution in [0.2, 0.25) is 0 Å². The molecule has 0 unspecified atom stereocenters. The van der Waals surface area contributed by atoms with E-state index < -0.39 is 37.3 Å². The van der Waals surface area contributed by atoms with Crippen LogP contribution in [0.15, 0.2) is 42.7 Å². The van der Waals surface area contributed by atoms with E-state index >= 15 is 0 Å². The molecular formula is C26H33N3O8. The fourth-order valence-electron chi connectivity index (χ4n) is 4.35. The van der Waals surface area contributed by atoms with Gasteiger partial charge in [0.2, 0.25) is 12.2 Å². The van der Waals surface area contributed by atoms with E-state index in [1.807, 2.05) is 38.1 Å². The first-order valence-electron chi connectivity index (χ1n) is 12.0. The molecule has 1 saturated heterocycles. The van der Waals surface area contributed by atoms with E-state index in [1.165, 1.54) is 0 Å². The van der Waals surface area contributed by atoms with Gasteiger partial charge in [0, 0.05) is 42.0 Å². The second-order valence-electron chi connectivity index (χ2n) is 9.08. The highest BCUT2D eigenvalue weighted by atomic mass is 16.7. The van der Waals surface area contributed by atoms with Crippen molar-refractivity contribution in [2.24, 2.45) is 0 Å². The molecule has 4 rings (SSSR count). The maximum absolute atomic E-state index is 10.6. The van der Waals surface area contributed by atoms with Gasteiger partial charge in [0.05, 0.1) is 26.5 Å². The van der Waals surface area contributed by atoms with E-state index in [-0.39, 0.29) is 11.9 Å². The highest BCUT2D eigenvalue weighted by Crippen LogP contribution is 2.38. The van der Waals surface area contributed by atoms with Crippen molar-refractivity contribution in [2.75, 3.05) is 20.8 Å². The van der Waals surface area contributed by atoms with Crippen LogP contribution in [0, 0.1) is 0 Å². The third-order valence-corrected chi connectivity index (χ3v) is 6.35. The summed E-state index contributed by atoms with van der Waals surface area (Å²) in [6, 6.07) is 9.16. The molecule has 0 saturated carbocycles. The molecule has 0 amide bonds. The number of nitrogens with zero attached hydrogens (tertiary/aromatic N) is 3. The first kappa shape index (κ1) is 26.8. The Morgan fingerprint density at radius 1 is 1.00 bits per heavy atom. The van der Waals surface area contributed by atoms with Crippen LogP contribution in [0.3, 0.4) is 0 Å². The molecule has 4 N–H and O–H groups in total. The van der Waals surface area contributed by atoms with Gasteiger partial charge in [0.1, 0.15) is 35.9 Å². The number of aliphatic hydroxyl groups excluding tert-OH is 4. The summed E-state index contributed by atoms with van der Waals surface area (Å²) in [7, 11) is 3.15. The molecule has 3 heterocycles. The zero-order chi connectivity index (χ0) is 26.7. The van der Waals surface area contributed by atoms with Crippen molar-refractivity contribution >= 4 is 0 Å². The average molecular weight is 516 g/mol. The van der Waals surface area contributed by atoms with Gasteiger partial charge in [-0.25, -0.2) is 0 Å². The molecule has 200 valence electrons. The van der Waals surface area contributed by atoms with Gasteiger partial charge in [0.15, 0.2) is 0 Å². The van der Waals surface area contributed by atoms with Crippen molar-refractivity contribution < 1.29 is 39.4 Å². The first-order valence-corrected chi connectivity index (χ1v) is 12.0. The molecule has 0 bridgehead atoms. The van der Waals surface area contributed by atoms with E-state index in [4.69, 9.17) is 24.0 Å². The Morgan fingerprint density at radius 2 is 1.73 bits per heavy atom. The number of rotatable bonds is 9. The number of benzene rings is 1. The Balaban J connectivity index is 1.83. The van der Waals surface area contributed by atoms with Gasteiger partial charge in [-0.3, -0.25) is 9.67 Å². The van der Waals surface area contributed by atoms with E-state index in [2.05, 4.69) is 4.98 Å². The number of methoxy groups -OCH3 is 2. The lowest BCUT2D eigenvalue weighted by Gasteiger charge is -2.39. The summed E-state index contributed by atoms with van der Waals surface area (Å²) in [6.45, 7) is 3.39. The molecule has 0 radical (unpaired) electrons. The Kier molecular flexibility index (Phi) is 8.30. The van der Waals surface area contributed by atoms with Crippen LogP contribution in [-0.4, -0.2) is 86.7 Å². The van der Waals surface area contributed by atoms with Crippen LogP contribution in [0.25, 0.3) is 11.3 Å². The van der Waals surface area contributed by atoms with Gasteiger partial charge >= 0.3 is 0 Å². The summed E-state index contributed by atoms with van der Waals surface area (Å²) in [4.78, 5) is 4.13. The molecule has 2 aromatic heterocycles. The molecule has 11 heteroatoms. The molecule has 1 aliphatic rings. The molecule has 11 nitrogen and oxygen atoms in total. The second-order valence-corrected chi connectivity index (χ2v) is 9.08. The minimum atomic E-state index is -1.58. The lowest BCUT2D eigenvalue weighted by Crippen LogP contribution is -2.60. The molecular weight excluding hydrogens is 482 g/mol. The fraction of sp³-hybridized carbons (Fsp3) is 0.462. The molecule has 1 aliphatic heterocycles. The third kappa shape index (κ3) is 5.41. The number of aromatic nitrogens is 3. The standard InChI is InChI=1S/C26H33N3O8/c1-14(2)29-21(15-7-9-27-10-8-15)18(11-16-5-6-17(34-3)12-19(16)35-4)25(28-29)37-26-24(33)23(32)22(31)20(13-30)36-26/h5-10,12,14,20,22-24,26,30-33H,11,13H2,1-4H3/t20-,22-,23+,24-,26+/m1/s1. The van der Waals surface area contributed by atoms with Crippen molar-refractivity contribution in [3.8, 4) is 28.6 Å². The quantitative estimate of drug-likeness (QED) is 0.329. The van der Waals surface area contributed by atoms with Gasteiger partial charge in [-0.1, -0.05) is 6.07 Å². The number of pyridine rings is 1. The minimum Gasteiger partial charge on any atom is -0.497 e. The highest BCUT2D eigenvalue weighted by Gasteiger charge is 2.45. The number of aliphatic hydroxyl groups is 4. The van der Waals surface area contributed by atoms with Crippen LogP contribution < -0.4 is 14.2 Å². The van der Waals surface area contributed by atoms with Gasteiger partial charge < -0.3 is 39.4 Å². The summed E-state index contributed by atoms with van der Waals surface area (Å²) in [5, 5.41) is 45.3. The Labute approximate surface area is 214 Å². The highest BCUT2D eigenvalue weighted by molar-refractivity contribution is 5.67. The Morgan fingerprint density at radius 3 is 2.35 bits per heavy atom. The Hall–Kier alpha value is -3.22. The van der Waals surface area contributed by atoms with E-state index in [9.17, 15) is 20.4 Å². The third-order valence-electron chi connectivity index (χ3n) is 6.35. The predicted molar refractivity (Wildman–Crippen MR) is 133 cm³/mol. The zero-order valence-electron chi connectivity index (χ0n) is 21.2. The normalized spacial score (nSPS) is 23.8. The summed E-state index contributed by atoms with van der Waals surface area (Å²) in [5.74, 6) is 1.42. The van der Waals surface area contributed by atoms with Crippen LogP contribution in [0.4, 0.5) is 0 Å². The van der Waals surface area contributed by atoms with E-state index in [0.717, 1.165) is 16.8 Å². The lowest BCUT2D eigenvalue weighted by atomic mass is 9.99. The molecule has 37 heavy (non-hydrogen) atoms. The summed E-state index contributed by atoms with van der Waals surface area (Å²) >= 11 is 0. The topological polar surface area (TPSA) is 149 Å². The number of hydrogen-bond acceptors (Lipinski definition) is 10. The van der Waals surface area contributed by atoms with Crippen LogP contribution >= 0.6 is 0 Å². The molecule has 5 atom stereocenters. The molecule has 0 spiro atoms. The van der Waals surface area contributed by atoms with Crippen molar-refractivity contribution in [2.45, 2.75) is 57.0 Å². The van der Waals surface area contributed by atoms with E-state index in [1.54, 1.807) is 37.4 Å². The predicted octanol–water partition coefficient (Wildman–Crippen LogP) is 1.31. The van der Waals surface area contributed by atoms with Crippen LogP contribution in [-0.2, 0) is 11.2 Å². The van der Waals surface area contributed by atoms with Crippen molar-refractivity contribution in [1.82, 2.24) is 14.8 Å². The van der Waals surface area contributed by atoms with E-state index in [0.29, 0.717) is 23.5 Å². The SMILES string of the molecule is COc1ccc(Cc2c(O[C@@H]3O[C@H](CO)[C@@H](O)[C@H](O)[C@H]3O)nn(C(C)C)c2-c2ccncc2)c(OC)c1. The first-order chi connectivity index (χ1) is 17.8. The molecule has 0 aliphatic carbocycles. The maximum Gasteiger partial charge on any atom is 0.239 e. The molecule has 1 aromatic carbocycles. The van der Waals surface area contributed by atoms with Gasteiger partial charge in [-0.2, -0.15) is 0 Å². The average Bonchev–Trinajstić information content (AvgIpc) is 3.27. The smallest absolute Gasteiger partial charge is 0.239 e. The van der Waals surface area contributed by atoms with Gasteiger partial charge in [-0.05, 0) is 37.6 Å². The summed E-state index contributed by atoms with van der Waals surface area (Å²) in [6.07, 6.45) is -3.44. The Bertz CT molecular complexity index is 1180. The van der Waals surface area contributed by atoms with Crippen molar-refractivity contribution in [3.63, 3.8) is 0 Å². The van der Waals surface area contributed by atoms with Crippen molar-refractivity contribution in [1.29, 1.82) is 0 Å². The maximum atomic E-state index is 10.6. The monoisotopic (exact) mass is 515 g/mol. The van der Waals surface area contributed by atoms with Gasteiger partial charge in [0.25, 0.3) is 0 Å². The van der Waals surface area contributed by atoms with Crippen LogP contribution in [0.5, 0.6) is 17.4 Å². The second kappa shape index (κ2) is 11.4. The van der Waals surface area contributed by atoms with Crippen molar-refractivity contribution in [3.05, 3.63) is 53.9 Å².